The molecule has 2 fully saturated rings. The van der Waals surface area contributed by atoms with Gasteiger partial charge in [0.25, 0.3) is 0 Å². The van der Waals surface area contributed by atoms with E-state index < -0.39 is 0 Å². The summed E-state index contributed by atoms with van der Waals surface area (Å²) in [6.45, 7) is 31.6. The first-order valence-electron chi connectivity index (χ1n) is 17.2. The number of rotatable bonds is 13. The fourth-order valence-electron chi connectivity index (χ4n) is 4.70. The topological polar surface area (TPSA) is 70.7 Å². The number of hydrogen-bond donors (Lipinski definition) is 1. The lowest BCUT2D eigenvalue weighted by Gasteiger charge is -2.32. The summed E-state index contributed by atoms with van der Waals surface area (Å²) in [5, 5.41) is 3.92. The van der Waals surface area contributed by atoms with Crippen molar-refractivity contribution in [3.63, 3.8) is 0 Å². The Labute approximate surface area is 295 Å². The molecule has 0 atom stereocenters. The number of nitrogens with one attached hydrogen (secondary N) is 1. The molecule has 2 saturated heterocycles. The lowest BCUT2D eigenvalue weighted by molar-refractivity contribution is 0.00578. The molecule has 11 heteroatoms. The van der Waals surface area contributed by atoms with E-state index in [4.69, 9.17) is 28.1 Å². The summed E-state index contributed by atoms with van der Waals surface area (Å²) in [5.74, 6) is 1.70. The number of halogens is 1. The highest BCUT2D eigenvalue weighted by Crippen LogP contribution is 2.37. The molecule has 2 aromatic rings. The third kappa shape index (κ3) is 12.4. The van der Waals surface area contributed by atoms with E-state index in [9.17, 15) is 0 Å². The normalized spacial score (nSPS) is 18.7. The van der Waals surface area contributed by atoms with Crippen LogP contribution >= 0.6 is 15.9 Å². The minimum Gasteiger partial charge on any atom is -0.493 e. The zero-order chi connectivity index (χ0) is 35.3. The largest absolute Gasteiger partial charge is 0.494 e. The Kier molecular flexibility index (Phi) is 16.8. The van der Waals surface area contributed by atoms with Crippen molar-refractivity contribution in [1.29, 1.82) is 0 Å². The standard InChI is InChI=1S/C18H30BNO3.C14H20BBrO3.C4H11N/c1-7-20(8-2)12-13-21-16-11-9-10-15(14-16)19-22-17(3,4)18(5,6)23-19;1-13(2)14(3,4)19-15(18-13)11-6-5-7-12(10-11)17-9-8-16;1-3-5-4-2/h9-11,14H,7-8,12-13H2,1-6H3;5-7,10H,8-9H2,1-4H3;5H,3-4H2,1-2H3. The molecule has 0 amide bonds. The molecule has 47 heavy (non-hydrogen) atoms. The molecule has 8 nitrogen and oxygen atoms in total. The van der Waals surface area contributed by atoms with Crippen LogP contribution in [0.25, 0.3) is 0 Å². The Balaban J connectivity index is 0.000000290. The summed E-state index contributed by atoms with van der Waals surface area (Å²) in [6, 6.07) is 15.9. The van der Waals surface area contributed by atoms with Crippen molar-refractivity contribution in [3.8, 4) is 11.5 Å². The fourth-order valence-corrected chi connectivity index (χ4v) is 4.86. The maximum absolute atomic E-state index is 6.10. The lowest BCUT2D eigenvalue weighted by Crippen LogP contribution is -2.41. The van der Waals surface area contributed by atoms with Crippen LogP contribution in [0.4, 0.5) is 0 Å². The maximum atomic E-state index is 6.10. The molecule has 2 aliphatic rings. The second-order valence-electron chi connectivity index (χ2n) is 13.7. The van der Waals surface area contributed by atoms with Crippen LogP contribution < -0.4 is 25.7 Å². The van der Waals surface area contributed by atoms with Gasteiger partial charge in [-0.1, -0.05) is 67.9 Å². The van der Waals surface area contributed by atoms with Gasteiger partial charge in [0.05, 0.1) is 29.0 Å². The van der Waals surface area contributed by atoms with Crippen molar-refractivity contribution in [3.05, 3.63) is 48.5 Å². The van der Waals surface area contributed by atoms with Gasteiger partial charge in [-0.05, 0) is 117 Å². The molecule has 4 rings (SSSR count). The van der Waals surface area contributed by atoms with E-state index >= 15 is 0 Å². The maximum Gasteiger partial charge on any atom is 0.494 e. The molecule has 264 valence electrons. The zero-order valence-corrected chi connectivity index (χ0v) is 32.8. The fraction of sp³-hybridized carbons (Fsp3) is 0.667. The number of hydrogen-bond acceptors (Lipinski definition) is 8. The van der Waals surface area contributed by atoms with Gasteiger partial charge in [-0.3, -0.25) is 0 Å². The van der Waals surface area contributed by atoms with E-state index in [2.05, 4.69) is 109 Å². The van der Waals surface area contributed by atoms with Gasteiger partial charge in [0.2, 0.25) is 0 Å². The number of benzene rings is 2. The van der Waals surface area contributed by atoms with Crippen molar-refractivity contribution in [1.82, 2.24) is 10.2 Å². The molecule has 0 aromatic heterocycles. The zero-order valence-electron chi connectivity index (χ0n) is 31.2. The van der Waals surface area contributed by atoms with Crippen LogP contribution in [0.15, 0.2) is 48.5 Å². The molecule has 2 aliphatic heterocycles. The van der Waals surface area contributed by atoms with E-state index in [0.29, 0.717) is 13.2 Å². The highest BCUT2D eigenvalue weighted by atomic mass is 79.9. The highest BCUT2D eigenvalue weighted by Gasteiger charge is 2.52. The number of alkyl halides is 1. The Morgan fingerprint density at radius 1 is 0.638 bits per heavy atom. The van der Waals surface area contributed by atoms with Gasteiger partial charge in [0, 0.05) is 11.9 Å². The van der Waals surface area contributed by atoms with Crippen molar-refractivity contribution in [2.75, 3.05) is 51.3 Å². The van der Waals surface area contributed by atoms with E-state index in [1.54, 1.807) is 0 Å². The Bertz CT molecular complexity index is 1160. The van der Waals surface area contributed by atoms with Crippen molar-refractivity contribution < 1.29 is 28.1 Å². The highest BCUT2D eigenvalue weighted by molar-refractivity contribution is 9.09. The average molecular weight is 719 g/mol. The molecular weight excluding hydrogens is 658 g/mol. The Hall–Kier alpha value is -1.59. The quantitative estimate of drug-likeness (QED) is 0.198. The second kappa shape index (κ2) is 19.0. The summed E-state index contributed by atoms with van der Waals surface area (Å²) in [6.07, 6.45) is 0. The second-order valence-corrected chi connectivity index (χ2v) is 14.5. The van der Waals surface area contributed by atoms with Crippen LogP contribution in [0, 0.1) is 0 Å². The van der Waals surface area contributed by atoms with Gasteiger partial charge < -0.3 is 38.3 Å². The van der Waals surface area contributed by atoms with Crippen molar-refractivity contribution in [2.24, 2.45) is 0 Å². The van der Waals surface area contributed by atoms with E-state index in [0.717, 1.165) is 60.5 Å². The SMILES string of the molecule is CC1(C)OB(c2cccc(OCCBr)c2)OC1(C)C.CCN(CC)CCOc1cccc(B2OC(C)(C)C(C)(C)O2)c1.CCNCC. The lowest BCUT2D eigenvalue weighted by atomic mass is 9.79. The van der Waals surface area contributed by atoms with Gasteiger partial charge in [-0.25, -0.2) is 0 Å². The predicted molar refractivity (Wildman–Crippen MR) is 201 cm³/mol. The first-order valence-corrected chi connectivity index (χ1v) is 18.3. The number of likely N-dealkylation sites (N-methyl/N-ethyl adjacent to an activating group) is 1. The molecule has 1 N–H and O–H groups in total. The summed E-state index contributed by atoms with van der Waals surface area (Å²) < 4.78 is 35.7. The molecule has 0 aliphatic carbocycles. The molecule has 2 aromatic carbocycles. The average Bonchev–Trinajstić information content (AvgIpc) is 3.39. The number of ether oxygens (including phenoxy) is 2. The Morgan fingerprint density at radius 3 is 1.34 bits per heavy atom. The predicted octanol–water partition coefficient (Wildman–Crippen LogP) is 6.08. The first kappa shape index (κ1) is 41.6. The minimum absolute atomic E-state index is 0.315. The van der Waals surface area contributed by atoms with Crippen molar-refractivity contribution >= 4 is 41.1 Å². The molecule has 0 saturated carbocycles. The molecule has 0 bridgehead atoms. The van der Waals surface area contributed by atoms with E-state index in [-0.39, 0.29) is 36.6 Å². The summed E-state index contributed by atoms with van der Waals surface area (Å²) in [4.78, 5) is 2.35. The molecular formula is C36H61B2BrN2O6. The molecule has 0 unspecified atom stereocenters. The van der Waals surface area contributed by atoms with Crippen LogP contribution in [-0.2, 0) is 18.6 Å². The molecule has 0 radical (unpaired) electrons. The Morgan fingerprint density at radius 2 is 1.02 bits per heavy atom. The summed E-state index contributed by atoms with van der Waals surface area (Å²) in [7, 11) is -0.677. The van der Waals surface area contributed by atoms with Crippen molar-refractivity contribution in [2.45, 2.75) is 105 Å². The summed E-state index contributed by atoms with van der Waals surface area (Å²) >= 11 is 3.35. The van der Waals surface area contributed by atoms with Crippen LogP contribution in [0.5, 0.6) is 11.5 Å². The van der Waals surface area contributed by atoms with Gasteiger partial charge >= 0.3 is 14.2 Å². The van der Waals surface area contributed by atoms with Gasteiger partial charge in [-0.15, -0.1) is 0 Å². The molecule has 0 spiro atoms. The molecule has 2 heterocycles. The van der Waals surface area contributed by atoms with Crippen LogP contribution in [0.1, 0.15) is 83.1 Å². The third-order valence-electron chi connectivity index (χ3n) is 9.18. The van der Waals surface area contributed by atoms with E-state index in [1.165, 1.54) is 0 Å². The monoisotopic (exact) mass is 718 g/mol. The van der Waals surface area contributed by atoms with Crippen LogP contribution in [-0.4, -0.2) is 92.8 Å². The van der Waals surface area contributed by atoms with Gasteiger partial charge in [-0.2, -0.15) is 0 Å². The van der Waals surface area contributed by atoms with Crippen LogP contribution in [0.2, 0.25) is 0 Å². The number of nitrogens with zero attached hydrogens (tertiary/aromatic N) is 1. The van der Waals surface area contributed by atoms with Gasteiger partial charge in [0.15, 0.2) is 0 Å². The first-order chi connectivity index (χ1) is 22.1. The smallest absolute Gasteiger partial charge is 0.493 e. The summed E-state index contributed by atoms with van der Waals surface area (Å²) in [5.41, 5.74) is 0.721. The van der Waals surface area contributed by atoms with Crippen LogP contribution in [0.3, 0.4) is 0 Å². The van der Waals surface area contributed by atoms with E-state index in [1.807, 2.05) is 48.5 Å². The third-order valence-corrected chi connectivity index (χ3v) is 9.51. The minimum atomic E-state index is -0.341. The van der Waals surface area contributed by atoms with Gasteiger partial charge in [0.1, 0.15) is 18.1 Å².